The van der Waals surface area contributed by atoms with Crippen LogP contribution in [0.2, 0.25) is 5.15 Å². The van der Waals surface area contributed by atoms with Crippen LogP contribution >= 0.6 is 11.6 Å². The first-order chi connectivity index (χ1) is 19.6. The normalized spacial score (nSPS) is 29.1. The fraction of sp³-hybridized carbons (Fsp3) is 0.679. The maximum absolute atomic E-state index is 13.7. The number of piperidine rings is 1. The van der Waals surface area contributed by atoms with Crippen molar-refractivity contribution in [2.75, 3.05) is 43.9 Å². The van der Waals surface area contributed by atoms with Crippen LogP contribution in [0.1, 0.15) is 67.0 Å². The Morgan fingerprint density at radius 2 is 1.83 bits per heavy atom. The van der Waals surface area contributed by atoms with E-state index in [2.05, 4.69) is 24.8 Å². The van der Waals surface area contributed by atoms with Crippen molar-refractivity contribution in [3.63, 3.8) is 0 Å². The molecule has 41 heavy (non-hydrogen) atoms. The third-order valence-electron chi connectivity index (χ3n) is 9.06. The molecular weight excluding hydrogens is 564 g/mol. The van der Waals surface area contributed by atoms with Crippen molar-refractivity contribution in [1.29, 1.82) is 0 Å². The molecule has 5 unspecified atom stereocenters. The van der Waals surface area contributed by atoms with Crippen molar-refractivity contribution in [1.82, 2.24) is 19.9 Å². The van der Waals surface area contributed by atoms with Crippen LogP contribution in [0, 0.1) is 11.8 Å². The van der Waals surface area contributed by atoms with E-state index < -0.39 is 29.2 Å². The zero-order valence-electron chi connectivity index (χ0n) is 23.0. The Kier molecular flexibility index (Phi) is 7.92. The third kappa shape index (κ3) is 5.92. The highest BCUT2D eigenvalue weighted by Crippen LogP contribution is 2.45. The lowest BCUT2D eigenvalue weighted by molar-refractivity contribution is -0.140. The largest absolute Gasteiger partial charge is 0.467 e. The Hall–Kier alpha value is -2.44. The standard InChI is InChI=1S/C21H23ClF3N5O2.C7H12FN/c1-31-20-27-14-6-15(12-5-16(26)28-18(22)17(12)21(23,24)25)32-9-13(14)19(29-20)30-7-10-2-3-11(4-10)8-30;8-6-4-7-2-1-3-9(7)5-6/h5,10-11,15H,2-4,6-9H2,1H3,(H2,26,28);6-7H,1-5H2. The Morgan fingerprint density at radius 3 is 2.51 bits per heavy atom. The van der Waals surface area contributed by atoms with Crippen LogP contribution in [0.3, 0.4) is 0 Å². The predicted octanol–water partition coefficient (Wildman–Crippen LogP) is 5.38. The number of rotatable bonds is 3. The molecule has 2 N–H and O–H groups in total. The van der Waals surface area contributed by atoms with E-state index in [4.69, 9.17) is 26.8 Å². The highest BCUT2D eigenvalue weighted by Gasteiger charge is 2.41. The molecule has 8 nitrogen and oxygen atoms in total. The minimum atomic E-state index is -4.70. The lowest BCUT2D eigenvalue weighted by Gasteiger charge is -2.36. The third-order valence-corrected chi connectivity index (χ3v) is 9.34. The fourth-order valence-corrected chi connectivity index (χ4v) is 7.59. The van der Waals surface area contributed by atoms with Gasteiger partial charge in [0, 0.05) is 43.2 Å². The molecule has 2 aromatic rings. The summed E-state index contributed by atoms with van der Waals surface area (Å²) >= 11 is 5.83. The molecule has 4 aliphatic heterocycles. The van der Waals surface area contributed by atoms with Gasteiger partial charge in [0.25, 0.3) is 0 Å². The first-order valence-electron chi connectivity index (χ1n) is 14.3. The number of halogens is 5. The highest BCUT2D eigenvalue weighted by molar-refractivity contribution is 6.30. The molecule has 2 aromatic heterocycles. The quantitative estimate of drug-likeness (QED) is 0.372. The van der Waals surface area contributed by atoms with Gasteiger partial charge in [-0.2, -0.15) is 23.1 Å². The maximum Gasteiger partial charge on any atom is 0.419 e. The number of ether oxygens (including phenoxy) is 2. The van der Waals surface area contributed by atoms with E-state index in [0.29, 0.717) is 30.1 Å². The first-order valence-corrected chi connectivity index (χ1v) is 14.7. The summed E-state index contributed by atoms with van der Waals surface area (Å²) < 4.78 is 65.0. The van der Waals surface area contributed by atoms with Gasteiger partial charge in [-0.05, 0) is 63.0 Å². The van der Waals surface area contributed by atoms with Gasteiger partial charge in [0.05, 0.1) is 31.1 Å². The number of anilines is 2. The summed E-state index contributed by atoms with van der Waals surface area (Å²) in [5.74, 6) is 1.93. The molecule has 224 valence electrons. The van der Waals surface area contributed by atoms with Gasteiger partial charge in [-0.25, -0.2) is 9.37 Å². The van der Waals surface area contributed by atoms with Crippen LogP contribution in [0.5, 0.6) is 6.01 Å². The number of nitrogens with two attached hydrogens (primary N) is 1. The van der Waals surface area contributed by atoms with Gasteiger partial charge in [-0.3, -0.25) is 4.90 Å². The van der Waals surface area contributed by atoms with Gasteiger partial charge in [-0.1, -0.05) is 11.6 Å². The lowest BCUT2D eigenvalue weighted by Crippen LogP contribution is -2.38. The van der Waals surface area contributed by atoms with Crippen molar-refractivity contribution in [3.05, 3.63) is 33.6 Å². The van der Waals surface area contributed by atoms with Gasteiger partial charge in [-0.15, -0.1) is 0 Å². The molecule has 4 fully saturated rings. The molecule has 5 atom stereocenters. The number of pyridine rings is 1. The molecule has 7 rings (SSSR count). The van der Waals surface area contributed by atoms with E-state index in [1.807, 2.05) is 0 Å². The Labute approximate surface area is 241 Å². The minimum absolute atomic E-state index is 0.0856. The van der Waals surface area contributed by atoms with Gasteiger partial charge < -0.3 is 20.1 Å². The predicted molar refractivity (Wildman–Crippen MR) is 146 cm³/mol. The molecule has 3 saturated heterocycles. The van der Waals surface area contributed by atoms with E-state index in [-0.39, 0.29) is 30.4 Å². The summed E-state index contributed by atoms with van der Waals surface area (Å²) in [6, 6.07) is 1.98. The number of hydrogen-bond acceptors (Lipinski definition) is 8. The van der Waals surface area contributed by atoms with Crippen LogP contribution in [0.4, 0.5) is 29.2 Å². The van der Waals surface area contributed by atoms with Gasteiger partial charge in [0.15, 0.2) is 0 Å². The number of aromatic nitrogens is 3. The Balaban J connectivity index is 0.000000283. The molecule has 0 aromatic carbocycles. The molecule has 0 spiro atoms. The fourth-order valence-electron chi connectivity index (χ4n) is 7.28. The topological polar surface area (TPSA) is 89.6 Å². The molecular formula is C28H35ClF4N6O2. The van der Waals surface area contributed by atoms with E-state index in [0.717, 1.165) is 37.4 Å². The zero-order chi connectivity index (χ0) is 28.9. The summed E-state index contributed by atoms with van der Waals surface area (Å²) in [7, 11) is 1.48. The molecule has 13 heteroatoms. The van der Waals surface area contributed by atoms with Crippen molar-refractivity contribution in [2.24, 2.45) is 11.8 Å². The number of nitrogen functional groups attached to an aromatic ring is 1. The smallest absolute Gasteiger partial charge is 0.419 e. The molecule has 0 radical (unpaired) electrons. The average molecular weight is 599 g/mol. The van der Waals surface area contributed by atoms with E-state index >= 15 is 0 Å². The number of alkyl halides is 4. The second-order valence-electron chi connectivity index (χ2n) is 11.8. The molecule has 1 saturated carbocycles. The average Bonchev–Trinajstić information content (AvgIpc) is 3.60. The maximum atomic E-state index is 13.7. The van der Waals surface area contributed by atoms with Crippen molar-refractivity contribution < 1.29 is 27.0 Å². The molecule has 6 heterocycles. The lowest BCUT2D eigenvalue weighted by atomic mass is 9.95. The Morgan fingerprint density at radius 1 is 1.07 bits per heavy atom. The summed E-state index contributed by atoms with van der Waals surface area (Å²) in [6.07, 6.45) is 0.982. The molecule has 1 aliphatic carbocycles. The zero-order valence-corrected chi connectivity index (χ0v) is 23.7. The first kappa shape index (κ1) is 28.7. The second kappa shape index (κ2) is 11.3. The van der Waals surface area contributed by atoms with E-state index in [1.54, 1.807) is 0 Å². The molecule has 2 bridgehead atoms. The van der Waals surface area contributed by atoms with Crippen molar-refractivity contribution >= 4 is 23.2 Å². The van der Waals surface area contributed by atoms with E-state index in [9.17, 15) is 17.6 Å². The Bertz CT molecular complexity index is 1260. The second-order valence-corrected chi connectivity index (χ2v) is 12.2. The van der Waals surface area contributed by atoms with Crippen LogP contribution in [-0.2, 0) is 23.9 Å². The minimum Gasteiger partial charge on any atom is -0.467 e. The van der Waals surface area contributed by atoms with Gasteiger partial charge in [0.2, 0.25) is 0 Å². The van der Waals surface area contributed by atoms with Crippen LogP contribution < -0.4 is 15.4 Å². The summed E-state index contributed by atoms with van der Waals surface area (Å²) in [5.41, 5.74) is 5.93. The number of fused-ring (bicyclic) bond motifs is 4. The summed E-state index contributed by atoms with van der Waals surface area (Å²) in [6.45, 7) is 3.75. The van der Waals surface area contributed by atoms with Crippen molar-refractivity contribution in [2.45, 2.75) is 76.0 Å². The number of hydrogen-bond donors (Lipinski definition) is 1. The van der Waals surface area contributed by atoms with Crippen LogP contribution in [-0.4, -0.2) is 65.4 Å². The van der Waals surface area contributed by atoms with Crippen molar-refractivity contribution in [3.8, 4) is 6.01 Å². The monoisotopic (exact) mass is 598 g/mol. The summed E-state index contributed by atoms with van der Waals surface area (Å²) in [4.78, 5) is 17.2. The number of nitrogens with zero attached hydrogens (tertiary/aromatic N) is 5. The number of methoxy groups -OCH3 is 1. The SMILES string of the molecule is COc1nc2c(c(N3CC4CCC(C4)C3)n1)COC(c1cc(N)nc(Cl)c1C(F)(F)F)C2.FC1CC2CCCN2C1. The molecule has 5 aliphatic rings. The van der Waals surface area contributed by atoms with Crippen LogP contribution in [0.15, 0.2) is 6.07 Å². The molecule has 0 amide bonds. The van der Waals surface area contributed by atoms with Gasteiger partial charge in [0.1, 0.15) is 23.0 Å². The van der Waals surface area contributed by atoms with Crippen LogP contribution in [0.25, 0.3) is 0 Å². The highest BCUT2D eigenvalue weighted by atomic mass is 35.5. The van der Waals surface area contributed by atoms with Gasteiger partial charge >= 0.3 is 12.2 Å². The van der Waals surface area contributed by atoms with E-state index in [1.165, 1.54) is 45.3 Å². The summed E-state index contributed by atoms with van der Waals surface area (Å²) in [5, 5.41) is -0.688.